The molecule has 0 spiro atoms. The standard InChI is InChI=1S/C20H26N4O3/c1-22-9-7-20(8-10-22,15-5-3-2-4-6-15)19(27)23-11-12-24-16(14-23)18(26)21-13-17(24)25/h2-6,16H,7-14H2,1H3,(H,21,26)/t16-/m0/s1. The van der Waals surface area contributed by atoms with E-state index in [0.29, 0.717) is 13.1 Å². The maximum Gasteiger partial charge on any atom is 0.245 e. The number of carbonyl (C=O) groups excluding carboxylic acids is 3. The van der Waals surface area contributed by atoms with Gasteiger partial charge >= 0.3 is 0 Å². The summed E-state index contributed by atoms with van der Waals surface area (Å²) in [6.07, 6.45) is 1.53. The van der Waals surface area contributed by atoms with Gasteiger partial charge in [0.1, 0.15) is 6.04 Å². The van der Waals surface area contributed by atoms with Crippen molar-refractivity contribution in [3.63, 3.8) is 0 Å². The first-order valence-electron chi connectivity index (χ1n) is 9.62. The quantitative estimate of drug-likeness (QED) is 0.784. The van der Waals surface area contributed by atoms with Crippen LogP contribution in [0.3, 0.4) is 0 Å². The fourth-order valence-electron chi connectivity index (χ4n) is 4.56. The van der Waals surface area contributed by atoms with Crippen LogP contribution in [0, 0.1) is 0 Å². The molecule has 0 radical (unpaired) electrons. The number of benzene rings is 1. The molecule has 3 aliphatic heterocycles. The molecule has 144 valence electrons. The second-order valence-electron chi connectivity index (χ2n) is 7.82. The zero-order valence-electron chi connectivity index (χ0n) is 15.7. The molecular formula is C20H26N4O3. The van der Waals surface area contributed by atoms with Gasteiger partial charge in [0.2, 0.25) is 17.7 Å². The highest BCUT2D eigenvalue weighted by Gasteiger charge is 2.47. The fraction of sp³-hybridized carbons (Fsp3) is 0.550. The third-order valence-corrected chi connectivity index (χ3v) is 6.28. The molecule has 7 heteroatoms. The molecule has 7 nitrogen and oxygen atoms in total. The average molecular weight is 370 g/mol. The van der Waals surface area contributed by atoms with Crippen LogP contribution in [0.25, 0.3) is 0 Å². The summed E-state index contributed by atoms with van der Waals surface area (Å²) < 4.78 is 0. The van der Waals surface area contributed by atoms with Gasteiger partial charge in [0.05, 0.1) is 18.5 Å². The summed E-state index contributed by atoms with van der Waals surface area (Å²) in [7, 11) is 2.08. The van der Waals surface area contributed by atoms with Crippen molar-refractivity contribution in [2.24, 2.45) is 0 Å². The highest BCUT2D eigenvalue weighted by Crippen LogP contribution is 2.37. The molecule has 1 N–H and O–H groups in total. The van der Waals surface area contributed by atoms with Crippen molar-refractivity contribution < 1.29 is 14.4 Å². The van der Waals surface area contributed by atoms with Crippen LogP contribution in [0.15, 0.2) is 30.3 Å². The van der Waals surface area contributed by atoms with Gasteiger partial charge in [-0.2, -0.15) is 0 Å². The predicted octanol–water partition coefficient (Wildman–Crippen LogP) is -0.181. The number of amides is 3. The first-order chi connectivity index (χ1) is 13.0. The number of rotatable bonds is 2. The minimum absolute atomic E-state index is 0.0591. The Morgan fingerprint density at radius 2 is 1.78 bits per heavy atom. The third-order valence-electron chi connectivity index (χ3n) is 6.28. The molecule has 1 aromatic carbocycles. The topological polar surface area (TPSA) is 73.0 Å². The zero-order chi connectivity index (χ0) is 19.0. The minimum atomic E-state index is -0.567. The summed E-state index contributed by atoms with van der Waals surface area (Å²) in [5.41, 5.74) is 0.500. The van der Waals surface area contributed by atoms with E-state index in [1.165, 1.54) is 0 Å². The molecule has 1 aromatic rings. The lowest BCUT2D eigenvalue weighted by atomic mass is 9.71. The van der Waals surface area contributed by atoms with Gasteiger partial charge in [-0.05, 0) is 38.5 Å². The molecule has 0 unspecified atom stereocenters. The minimum Gasteiger partial charge on any atom is -0.345 e. The number of piperidine rings is 1. The normalized spacial score (nSPS) is 25.7. The Bertz CT molecular complexity index is 743. The maximum atomic E-state index is 13.7. The Hall–Kier alpha value is -2.41. The van der Waals surface area contributed by atoms with Gasteiger partial charge in [-0.25, -0.2) is 0 Å². The molecule has 1 atom stereocenters. The number of likely N-dealkylation sites (tertiary alicyclic amines) is 1. The summed E-state index contributed by atoms with van der Waals surface area (Å²) >= 11 is 0. The largest absolute Gasteiger partial charge is 0.345 e. The second-order valence-corrected chi connectivity index (χ2v) is 7.82. The maximum absolute atomic E-state index is 13.7. The van der Waals surface area contributed by atoms with Crippen LogP contribution in [-0.2, 0) is 19.8 Å². The lowest BCUT2D eigenvalue weighted by Gasteiger charge is -2.47. The summed E-state index contributed by atoms with van der Waals surface area (Å²) in [5, 5.41) is 2.64. The molecule has 3 amide bonds. The van der Waals surface area contributed by atoms with Gasteiger partial charge in [0.15, 0.2) is 0 Å². The highest BCUT2D eigenvalue weighted by molar-refractivity contribution is 5.96. The molecule has 0 aliphatic carbocycles. The Morgan fingerprint density at radius 1 is 1.07 bits per heavy atom. The van der Waals surface area contributed by atoms with Gasteiger partial charge in [-0.3, -0.25) is 14.4 Å². The van der Waals surface area contributed by atoms with Crippen LogP contribution >= 0.6 is 0 Å². The molecule has 0 bridgehead atoms. The van der Waals surface area contributed by atoms with Crippen LogP contribution < -0.4 is 5.32 Å². The molecule has 27 heavy (non-hydrogen) atoms. The smallest absolute Gasteiger partial charge is 0.245 e. The van der Waals surface area contributed by atoms with Crippen molar-refractivity contribution in [2.45, 2.75) is 24.3 Å². The van der Waals surface area contributed by atoms with Crippen LogP contribution in [-0.4, -0.2) is 84.8 Å². The number of piperazine rings is 2. The van der Waals surface area contributed by atoms with Gasteiger partial charge in [-0.1, -0.05) is 30.3 Å². The van der Waals surface area contributed by atoms with Crippen LogP contribution in [0.5, 0.6) is 0 Å². The SMILES string of the molecule is CN1CCC(C(=O)N2CCN3C(=O)CNC(=O)[C@@H]3C2)(c2ccccc2)CC1. The van der Waals surface area contributed by atoms with Crippen molar-refractivity contribution in [2.75, 3.05) is 46.3 Å². The van der Waals surface area contributed by atoms with E-state index in [1.54, 1.807) is 9.80 Å². The van der Waals surface area contributed by atoms with Crippen LogP contribution in [0.1, 0.15) is 18.4 Å². The Labute approximate surface area is 159 Å². The first kappa shape index (κ1) is 18.0. The molecule has 3 aliphatic rings. The van der Waals surface area contributed by atoms with Gasteiger partial charge in [0.25, 0.3) is 0 Å². The molecule has 3 heterocycles. The number of nitrogens with zero attached hydrogens (tertiary/aromatic N) is 3. The molecular weight excluding hydrogens is 344 g/mol. The van der Waals surface area contributed by atoms with Crippen molar-refractivity contribution in [3.8, 4) is 0 Å². The summed E-state index contributed by atoms with van der Waals surface area (Å²) in [4.78, 5) is 43.7. The van der Waals surface area contributed by atoms with Crippen molar-refractivity contribution in [1.82, 2.24) is 20.0 Å². The zero-order valence-corrected chi connectivity index (χ0v) is 15.7. The number of carbonyl (C=O) groups is 3. The van der Waals surface area contributed by atoms with Crippen LogP contribution in [0.4, 0.5) is 0 Å². The Morgan fingerprint density at radius 3 is 2.48 bits per heavy atom. The van der Waals surface area contributed by atoms with Crippen molar-refractivity contribution in [1.29, 1.82) is 0 Å². The Kier molecular flexibility index (Phi) is 4.63. The van der Waals surface area contributed by atoms with Gasteiger partial charge in [0, 0.05) is 13.1 Å². The average Bonchev–Trinajstić information content (AvgIpc) is 2.71. The summed E-state index contributed by atoms with van der Waals surface area (Å²) in [6.45, 7) is 2.97. The molecule has 4 rings (SSSR count). The van der Waals surface area contributed by atoms with E-state index >= 15 is 0 Å². The van der Waals surface area contributed by atoms with Gasteiger partial charge in [-0.15, -0.1) is 0 Å². The van der Waals surface area contributed by atoms with E-state index in [1.807, 2.05) is 30.3 Å². The Balaban J connectivity index is 1.61. The van der Waals surface area contributed by atoms with E-state index in [4.69, 9.17) is 0 Å². The van der Waals surface area contributed by atoms with E-state index < -0.39 is 11.5 Å². The number of hydrogen-bond acceptors (Lipinski definition) is 4. The molecule has 0 saturated carbocycles. The summed E-state index contributed by atoms with van der Waals surface area (Å²) in [6, 6.07) is 9.44. The van der Waals surface area contributed by atoms with E-state index in [2.05, 4.69) is 17.3 Å². The number of nitrogens with one attached hydrogen (secondary N) is 1. The summed E-state index contributed by atoms with van der Waals surface area (Å²) in [5.74, 6) is -0.139. The number of hydrogen-bond donors (Lipinski definition) is 1. The predicted molar refractivity (Wildman–Crippen MR) is 99.9 cm³/mol. The molecule has 0 aromatic heterocycles. The molecule has 3 saturated heterocycles. The van der Waals surface area contributed by atoms with Crippen LogP contribution in [0.2, 0.25) is 0 Å². The lowest BCUT2D eigenvalue weighted by molar-refractivity contribution is -0.155. The van der Waals surface area contributed by atoms with E-state index in [-0.39, 0.29) is 30.8 Å². The van der Waals surface area contributed by atoms with E-state index in [0.717, 1.165) is 31.5 Å². The first-order valence-corrected chi connectivity index (χ1v) is 9.62. The fourth-order valence-corrected chi connectivity index (χ4v) is 4.56. The van der Waals surface area contributed by atoms with Gasteiger partial charge < -0.3 is 20.0 Å². The van der Waals surface area contributed by atoms with Crippen molar-refractivity contribution in [3.05, 3.63) is 35.9 Å². The lowest BCUT2D eigenvalue weighted by Crippen LogP contribution is -2.68. The third kappa shape index (κ3) is 3.10. The highest BCUT2D eigenvalue weighted by atomic mass is 16.2. The molecule has 3 fully saturated rings. The second kappa shape index (κ2) is 6.96. The van der Waals surface area contributed by atoms with E-state index in [9.17, 15) is 14.4 Å². The number of fused-ring (bicyclic) bond motifs is 1. The van der Waals surface area contributed by atoms with Crippen molar-refractivity contribution >= 4 is 17.7 Å². The monoisotopic (exact) mass is 370 g/mol.